The third-order valence-electron chi connectivity index (χ3n) is 3.66. The first-order chi connectivity index (χ1) is 9.36. The van der Waals surface area contributed by atoms with Gasteiger partial charge in [0.05, 0.1) is 6.20 Å². The molecule has 1 atom stereocenters. The molecule has 2 aromatic rings. The Morgan fingerprint density at radius 3 is 2.68 bits per heavy atom. The number of aromatic nitrogens is 3. The van der Waals surface area contributed by atoms with Gasteiger partial charge in [0.1, 0.15) is 6.17 Å². The molecule has 0 bridgehead atoms. The summed E-state index contributed by atoms with van der Waals surface area (Å²) in [7, 11) is 0. The maximum Gasteiger partial charge on any atom is 0.132 e. The average Bonchev–Trinajstić information content (AvgIpc) is 2.96. The minimum Gasteiger partial charge on any atom is -0.314 e. The average molecular weight is 257 g/mol. The van der Waals surface area contributed by atoms with Crippen LogP contribution in [0.15, 0.2) is 36.7 Å². The van der Waals surface area contributed by atoms with E-state index in [9.17, 15) is 0 Å². The fourth-order valence-corrected chi connectivity index (χ4v) is 2.66. The molecule has 3 rings (SSSR count). The molecule has 1 aromatic carbocycles. The third-order valence-corrected chi connectivity index (χ3v) is 3.66. The second kappa shape index (κ2) is 5.50. The number of nitrogens with zero attached hydrogens (tertiary/aromatic N) is 4. The Morgan fingerprint density at radius 2 is 2.00 bits per heavy atom. The van der Waals surface area contributed by atoms with Crippen molar-refractivity contribution in [3.63, 3.8) is 0 Å². The zero-order valence-corrected chi connectivity index (χ0v) is 11.2. The molecule has 1 aliphatic rings. The van der Waals surface area contributed by atoms with Crippen LogP contribution in [0, 0.1) is 6.92 Å². The molecule has 5 heteroatoms. The van der Waals surface area contributed by atoms with Gasteiger partial charge in [0.25, 0.3) is 0 Å². The first-order valence-electron chi connectivity index (χ1n) is 6.72. The van der Waals surface area contributed by atoms with Gasteiger partial charge in [0.2, 0.25) is 0 Å². The van der Waals surface area contributed by atoms with E-state index in [4.69, 9.17) is 0 Å². The Labute approximate surface area is 113 Å². The molecule has 5 nitrogen and oxygen atoms in total. The highest BCUT2D eigenvalue weighted by molar-refractivity contribution is 5.29. The molecular weight excluding hydrogens is 238 g/mol. The molecule has 2 heterocycles. The number of rotatable bonds is 3. The lowest BCUT2D eigenvalue weighted by Gasteiger charge is -2.35. The molecule has 19 heavy (non-hydrogen) atoms. The van der Waals surface area contributed by atoms with Gasteiger partial charge in [-0.05, 0) is 18.1 Å². The second-order valence-corrected chi connectivity index (χ2v) is 4.90. The molecule has 1 saturated heterocycles. The van der Waals surface area contributed by atoms with Crippen molar-refractivity contribution in [1.29, 1.82) is 0 Å². The summed E-state index contributed by atoms with van der Waals surface area (Å²) in [6.45, 7) is 6.26. The Morgan fingerprint density at radius 1 is 1.21 bits per heavy atom. The predicted octanol–water partition coefficient (Wildman–Crippen LogP) is 1.04. The summed E-state index contributed by atoms with van der Waals surface area (Å²) in [5, 5.41) is 11.6. The van der Waals surface area contributed by atoms with E-state index in [-0.39, 0.29) is 6.17 Å². The highest BCUT2D eigenvalue weighted by Gasteiger charge is 2.25. The van der Waals surface area contributed by atoms with Crippen molar-refractivity contribution in [3.05, 3.63) is 47.8 Å². The van der Waals surface area contributed by atoms with Crippen molar-refractivity contribution in [2.75, 3.05) is 26.2 Å². The number of piperazine rings is 1. The van der Waals surface area contributed by atoms with E-state index in [1.807, 2.05) is 10.9 Å². The lowest BCUT2D eigenvalue weighted by Crippen LogP contribution is -2.47. The fraction of sp³-hybridized carbons (Fsp3) is 0.429. The maximum atomic E-state index is 4.21. The van der Waals surface area contributed by atoms with Gasteiger partial charge in [0, 0.05) is 32.4 Å². The minimum absolute atomic E-state index is 0.144. The first-order valence-corrected chi connectivity index (χ1v) is 6.72. The lowest BCUT2D eigenvalue weighted by atomic mass is 10.0. The van der Waals surface area contributed by atoms with Crippen LogP contribution in [0.1, 0.15) is 17.3 Å². The zero-order chi connectivity index (χ0) is 13.1. The standard InChI is InChI=1S/C14H19N5/c1-12-4-2-3-5-13(12)14(19-11-8-16-17-19)18-9-6-15-7-10-18/h2-5,8,11,14-15H,6-7,9-10H2,1H3. The largest absolute Gasteiger partial charge is 0.314 e. The fourth-order valence-electron chi connectivity index (χ4n) is 2.66. The van der Waals surface area contributed by atoms with Crippen molar-refractivity contribution in [3.8, 4) is 0 Å². The molecule has 1 aromatic heterocycles. The topological polar surface area (TPSA) is 46.0 Å². The zero-order valence-electron chi connectivity index (χ0n) is 11.2. The molecule has 1 unspecified atom stereocenters. The summed E-state index contributed by atoms with van der Waals surface area (Å²) in [6.07, 6.45) is 3.83. The highest BCUT2D eigenvalue weighted by atomic mass is 15.5. The Bertz CT molecular complexity index is 516. The molecular formula is C14H19N5. The summed E-state index contributed by atoms with van der Waals surface area (Å²) in [5.41, 5.74) is 2.59. The van der Waals surface area contributed by atoms with Gasteiger partial charge >= 0.3 is 0 Å². The normalized spacial score (nSPS) is 18.4. The Kier molecular flexibility index (Phi) is 3.57. The smallest absolute Gasteiger partial charge is 0.132 e. The number of hydrogen-bond donors (Lipinski definition) is 1. The van der Waals surface area contributed by atoms with E-state index < -0.39 is 0 Å². The van der Waals surface area contributed by atoms with Crippen molar-refractivity contribution >= 4 is 0 Å². The monoisotopic (exact) mass is 257 g/mol. The molecule has 100 valence electrons. The van der Waals surface area contributed by atoms with Crippen LogP contribution in [0.25, 0.3) is 0 Å². The van der Waals surface area contributed by atoms with Crippen LogP contribution in [-0.4, -0.2) is 46.1 Å². The van der Waals surface area contributed by atoms with Crippen molar-refractivity contribution in [1.82, 2.24) is 25.2 Å². The van der Waals surface area contributed by atoms with E-state index in [0.717, 1.165) is 26.2 Å². The minimum atomic E-state index is 0.144. The van der Waals surface area contributed by atoms with Crippen LogP contribution >= 0.6 is 0 Å². The van der Waals surface area contributed by atoms with Crippen LogP contribution in [0.3, 0.4) is 0 Å². The van der Waals surface area contributed by atoms with Gasteiger partial charge in [-0.15, -0.1) is 5.10 Å². The van der Waals surface area contributed by atoms with Gasteiger partial charge in [-0.25, -0.2) is 4.68 Å². The van der Waals surface area contributed by atoms with Gasteiger partial charge in [-0.1, -0.05) is 29.5 Å². The van der Waals surface area contributed by atoms with Crippen LogP contribution in [0.2, 0.25) is 0 Å². The van der Waals surface area contributed by atoms with Gasteiger partial charge in [0.15, 0.2) is 0 Å². The molecule has 0 aliphatic carbocycles. The molecule has 0 saturated carbocycles. The molecule has 0 spiro atoms. The Hall–Kier alpha value is -1.72. The van der Waals surface area contributed by atoms with E-state index in [1.54, 1.807) is 6.20 Å². The lowest BCUT2D eigenvalue weighted by molar-refractivity contribution is 0.138. The number of nitrogens with one attached hydrogen (secondary N) is 1. The van der Waals surface area contributed by atoms with Gasteiger partial charge < -0.3 is 5.32 Å². The SMILES string of the molecule is Cc1ccccc1C(N1CCNCC1)n1ccnn1. The summed E-state index contributed by atoms with van der Waals surface area (Å²) in [6, 6.07) is 8.51. The summed E-state index contributed by atoms with van der Waals surface area (Å²) >= 11 is 0. The van der Waals surface area contributed by atoms with Crippen LogP contribution in [0.5, 0.6) is 0 Å². The predicted molar refractivity (Wildman–Crippen MR) is 73.8 cm³/mol. The Balaban J connectivity index is 1.99. The van der Waals surface area contributed by atoms with Crippen molar-refractivity contribution < 1.29 is 0 Å². The van der Waals surface area contributed by atoms with Gasteiger partial charge in [-0.2, -0.15) is 0 Å². The number of benzene rings is 1. The van der Waals surface area contributed by atoms with Crippen LogP contribution in [0.4, 0.5) is 0 Å². The number of aryl methyl sites for hydroxylation is 1. The third kappa shape index (κ3) is 2.52. The second-order valence-electron chi connectivity index (χ2n) is 4.90. The van der Waals surface area contributed by atoms with E-state index in [1.165, 1.54) is 11.1 Å². The quantitative estimate of drug-likeness (QED) is 0.892. The number of hydrogen-bond acceptors (Lipinski definition) is 4. The summed E-state index contributed by atoms with van der Waals surface area (Å²) in [4.78, 5) is 2.45. The maximum absolute atomic E-state index is 4.21. The van der Waals surface area contributed by atoms with Crippen molar-refractivity contribution in [2.45, 2.75) is 13.1 Å². The van der Waals surface area contributed by atoms with E-state index in [2.05, 4.69) is 51.7 Å². The van der Waals surface area contributed by atoms with Crippen molar-refractivity contribution in [2.24, 2.45) is 0 Å². The summed E-state index contributed by atoms with van der Waals surface area (Å²) < 4.78 is 1.95. The molecule has 1 N–H and O–H groups in total. The molecule has 0 amide bonds. The van der Waals surface area contributed by atoms with Crippen LogP contribution in [-0.2, 0) is 0 Å². The highest BCUT2D eigenvalue weighted by Crippen LogP contribution is 2.24. The summed E-state index contributed by atoms with van der Waals surface area (Å²) in [5.74, 6) is 0. The van der Waals surface area contributed by atoms with Gasteiger partial charge in [-0.3, -0.25) is 4.90 Å². The van der Waals surface area contributed by atoms with E-state index in [0.29, 0.717) is 0 Å². The van der Waals surface area contributed by atoms with Crippen LogP contribution < -0.4 is 5.32 Å². The molecule has 1 fully saturated rings. The molecule has 0 radical (unpaired) electrons. The van der Waals surface area contributed by atoms with E-state index >= 15 is 0 Å². The molecule has 1 aliphatic heterocycles. The first kappa shape index (κ1) is 12.3.